The van der Waals surface area contributed by atoms with Crippen molar-refractivity contribution in [1.82, 2.24) is 0 Å². The molecule has 1 radical (unpaired) electrons. The van der Waals surface area contributed by atoms with E-state index in [1.807, 2.05) is 0 Å². The van der Waals surface area contributed by atoms with Crippen molar-refractivity contribution < 1.29 is 0 Å². The first-order valence-electron chi connectivity index (χ1n) is 2.04. The SMILES string of the molecule is CCC[Si](N)Cl. The molecule has 0 amide bonds. The van der Waals surface area contributed by atoms with E-state index >= 15 is 0 Å². The third-order valence-corrected chi connectivity index (χ3v) is 2.03. The van der Waals surface area contributed by atoms with Gasteiger partial charge >= 0.3 is 0 Å². The molecule has 0 unspecified atom stereocenters. The van der Waals surface area contributed by atoms with E-state index in [9.17, 15) is 0 Å². The molecule has 0 rings (SSSR count). The minimum absolute atomic E-state index is 0.913. The van der Waals surface area contributed by atoms with Crippen LogP contribution in [0.25, 0.3) is 0 Å². The van der Waals surface area contributed by atoms with E-state index in [-0.39, 0.29) is 0 Å². The van der Waals surface area contributed by atoms with Gasteiger partial charge in [0.05, 0.1) is 0 Å². The maximum absolute atomic E-state index is 5.46. The second-order valence-corrected chi connectivity index (χ2v) is 4.05. The Morgan fingerprint density at radius 1 is 1.83 bits per heavy atom. The van der Waals surface area contributed by atoms with Crippen LogP contribution in [0.1, 0.15) is 13.3 Å². The molecule has 0 atom stereocenters. The molecular weight excluding hydrogens is 114 g/mol. The molecule has 0 saturated heterocycles. The van der Waals surface area contributed by atoms with Crippen molar-refractivity contribution in [3.05, 3.63) is 0 Å². The summed E-state index contributed by atoms with van der Waals surface area (Å²) in [6.07, 6.45) is 1.12. The van der Waals surface area contributed by atoms with Gasteiger partial charge in [-0.2, -0.15) is 0 Å². The molecule has 0 spiro atoms. The van der Waals surface area contributed by atoms with Gasteiger partial charge in [-0.1, -0.05) is 13.3 Å². The van der Waals surface area contributed by atoms with E-state index in [1.54, 1.807) is 0 Å². The van der Waals surface area contributed by atoms with E-state index < -0.39 is 8.27 Å². The Kier molecular flexibility index (Phi) is 3.93. The average molecular weight is 123 g/mol. The van der Waals surface area contributed by atoms with E-state index in [0.29, 0.717) is 0 Å². The first-order chi connectivity index (χ1) is 2.77. The van der Waals surface area contributed by atoms with Gasteiger partial charge in [-0.05, 0) is 6.04 Å². The smallest absolute Gasteiger partial charge is 0.246 e. The molecule has 0 aliphatic heterocycles. The first-order valence-corrected chi connectivity index (χ1v) is 4.83. The highest BCUT2D eigenvalue weighted by atomic mass is 35.6. The van der Waals surface area contributed by atoms with Gasteiger partial charge in [-0.25, -0.2) is 0 Å². The standard InChI is InChI=1S/C3H9ClNSi/c1-2-3-6(4)5/h2-3,5H2,1H3. The van der Waals surface area contributed by atoms with Crippen LogP contribution in [0.4, 0.5) is 0 Å². The van der Waals surface area contributed by atoms with Crippen LogP contribution in [0.3, 0.4) is 0 Å². The van der Waals surface area contributed by atoms with Crippen LogP contribution < -0.4 is 5.40 Å². The zero-order chi connectivity index (χ0) is 4.99. The quantitative estimate of drug-likeness (QED) is 0.431. The van der Waals surface area contributed by atoms with Crippen LogP contribution in [0.15, 0.2) is 0 Å². The Hall–Kier alpha value is 0.467. The van der Waals surface area contributed by atoms with E-state index in [1.165, 1.54) is 0 Å². The maximum atomic E-state index is 5.46. The Balaban J connectivity index is 2.63. The molecule has 0 saturated carbocycles. The molecule has 0 aromatic rings. The molecule has 0 aliphatic rings. The third-order valence-electron chi connectivity index (χ3n) is 0.489. The highest BCUT2D eigenvalue weighted by molar-refractivity contribution is 7.05. The lowest BCUT2D eigenvalue weighted by atomic mass is 10.6. The Morgan fingerprint density at radius 3 is 2.33 bits per heavy atom. The summed E-state index contributed by atoms with van der Waals surface area (Å²) in [6.45, 7) is 2.08. The lowest BCUT2D eigenvalue weighted by Gasteiger charge is -1.89. The molecule has 1 nitrogen and oxygen atoms in total. The minimum Gasteiger partial charge on any atom is -0.339 e. The fourth-order valence-corrected chi connectivity index (χ4v) is 1.28. The molecule has 0 bridgehead atoms. The molecule has 0 aliphatic carbocycles. The van der Waals surface area contributed by atoms with Gasteiger partial charge in [0.2, 0.25) is 8.27 Å². The monoisotopic (exact) mass is 122 g/mol. The third kappa shape index (κ3) is 4.47. The second-order valence-electron chi connectivity index (χ2n) is 1.20. The van der Waals surface area contributed by atoms with E-state index in [0.717, 1.165) is 12.5 Å². The van der Waals surface area contributed by atoms with E-state index in [2.05, 4.69) is 6.92 Å². The van der Waals surface area contributed by atoms with Crippen LogP contribution in [-0.2, 0) is 0 Å². The Bertz CT molecular complexity index is 32.0. The summed E-state index contributed by atoms with van der Waals surface area (Å²) in [7, 11) is -0.913. The van der Waals surface area contributed by atoms with Crippen LogP contribution >= 0.6 is 11.1 Å². The second kappa shape index (κ2) is 3.65. The molecule has 37 valence electrons. The van der Waals surface area contributed by atoms with Crippen molar-refractivity contribution in [1.29, 1.82) is 0 Å². The van der Waals surface area contributed by atoms with Crippen LogP contribution in [-0.4, -0.2) is 8.27 Å². The fraction of sp³-hybridized carbons (Fsp3) is 1.00. The van der Waals surface area contributed by atoms with Crippen molar-refractivity contribution in [3.8, 4) is 0 Å². The van der Waals surface area contributed by atoms with Gasteiger partial charge in [0.1, 0.15) is 0 Å². The predicted octanol–water partition coefficient (Wildman–Crippen LogP) is 1.08. The van der Waals surface area contributed by atoms with Gasteiger partial charge in [0, 0.05) is 0 Å². The summed E-state index contributed by atoms with van der Waals surface area (Å²) in [6, 6.07) is 1.02. The summed E-state index contributed by atoms with van der Waals surface area (Å²) in [5, 5.41) is 5.27. The van der Waals surface area contributed by atoms with Crippen LogP contribution in [0.5, 0.6) is 0 Å². The molecule has 3 heteroatoms. The summed E-state index contributed by atoms with van der Waals surface area (Å²) < 4.78 is 0. The van der Waals surface area contributed by atoms with Gasteiger partial charge in [0.25, 0.3) is 0 Å². The molecule has 2 N–H and O–H groups in total. The fourth-order valence-electron chi connectivity index (χ4n) is 0.239. The van der Waals surface area contributed by atoms with Gasteiger partial charge in [-0.3, -0.25) is 0 Å². The Labute approximate surface area is 44.9 Å². The zero-order valence-corrected chi connectivity index (χ0v) is 5.63. The number of nitrogens with two attached hydrogens (primary N) is 1. The largest absolute Gasteiger partial charge is 0.339 e. The minimum atomic E-state index is -0.913. The highest BCUT2D eigenvalue weighted by Gasteiger charge is 1.94. The summed E-state index contributed by atoms with van der Waals surface area (Å²) in [4.78, 5) is 0. The van der Waals surface area contributed by atoms with Gasteiger partial charge < -0.3 is 5.40 Å². The first kappa shape index (κ1) is 6.47. The van der Waals surface area contributed by atoms with Crippen molar-refractivity contribution in [2.24, 2.45) is 5.40 Å². The molecule has 0 heterocycles. The van der Waals surface area contributed by atoms with Crippen molar-refractivity contribution in [2.75, 3.05) is 0 Å². The Morgan fingerprint density at radius 2 is 2.33 bits per heavy atom. The summed E-state index contributed by atoms with van der Waals surface area (Å²) in [5.41, 5.74) is 0. The van der Waals surface area contributed by atoms with Crippen molar-refractivity contribution in [2.45, 2.75) is 19.4 Å². The number of hydrogen-bond donors (Lipinski definition) is 1. The molecule has 0 aromatic carbocycles. The van der Waals surface area contributed by atoms with Crippen molar-refractivity contribution >= 4 is 19.3 Å². The number of rotatable bonds is 2. The highest BCUT2D eigenvalue weighted by Crippen LogP contribution is 1.92. The molecule has 0 fully saturated rings. The maximum Gasteiger partial charge on any atom is 0.246 e. The normalized spacial score (nSPS) is 10.0. The van der Waals surface area contributed by atoms with Crippen molar-refractivity contribution in [3.63, 3.8) is 0 Å². The summed E-state index contributed by atoms with van der Waals surface area (Å²) >= 11 is 5.46. The topological polar surface area (TPSA) is 26.0 Å². The van der Waals surface area contributed by atoms with E-state index in [4.69, 9.17) is 16.5 Å². The predicted molar refractivity (Wildman–Crippen MR) is 30.9 cm³/mol. The lowest BCUT2D eigenvalue weighted by Crippen LogP contribution is -2.16. The van der Waals surface area contributed by atoms with Gasteiger partial charge in [-0.15, -0.1) is 11.1 Å². The molecule has 6 heavy (non-hydrogen) atoms. The number of hydrogen-bond acceptors (Lipinski definition) is 1. The average Bonchev–Trinajstić information content (AvgIpc) is 1.35. The van der Waals surface area contributed by atoms with Crippen LogP contribution in [0, 0.1) is 0 Å². The lowest BCUT2D eigenvalue weighted by molar-refractivity contribution is 1.07. The van der Waals surface area contributed by atoms with Gasteiger partial charge in [0.15, 0.2) is 0 Å². The molecular formula is C3H9ClNSi. The zero-order valence-electron chi connectivity index (χ0n) is 3.87. The number of halogens is 1. The summed E-state index contributed by atoms with van der Waals surface area (Å²) in [5.74, 6) is 0. The molecule has 0 aromatic heterocycles. The van der Waals surface area contributed by atoms with Crippen LogP contribution in [0.2, 0.25) is 6.04 Å².